The van der Waals surface area contributed by atoms with Crippen molar-refractivity contribution in [2.24, 2.45) is 0 Å². The van der Waals surface area contributed by atoms with Gasteiger partial charge in [-0.15, -0.1) is 0 Å². The van der Waals surface area contributed by atoms with Gasteiger partial charge in [0.15, 0.2) is 5.75 Å². The van der Waals surface area contributed by atoms with Gasteiger partial charge in [0.25, 0.3) is 0 Å². The summed E-state index contributed by atoms with van der Waals surface area (Å²) in [4.78, 5) is 12.0. The van der Waals surface area contributed by atoms with Crippen LogP contribution in [0, 0.1) is 0 Å². The van der Waals surface area contributed by atoms with Crippen molar-refractivity contribution in [3.05, 3.63) is 46.5 Å². The number of carbonyl (C=O) groups is 1. The van der Waals surface area contributed by atoms with E-state index < -0.39 is 22.9 Å². The number of nitrogens with one attached hydrogen (secondary N) is 1. The lowest BCUT2D eigenvalue weighted by Crippen LogP contribution is -2.18. The van der Waals surface area contributed by atoms with Gasteiger partial charge in [0, 0.05) is 11.4 Å². The van der Waals surface area contributed by atoms with E-state index in [2.05, 4.69) is 5.32 Å². The fraction of sp³-hybridized carbons (Fsp3) is 0.235. The lowest BCUT2D eigenvalue weighted by Gasteiger charge is -2.16. The van der Waals surface area contributed by atoms with E-state index in [0.717, 1.165) is 11.6 Å². The Balaban J connectivity index is 1.76. The number of hydrogen-bond donors (Lipinski definition) is 2. The molecule has 8 heteroatoms. The number of fused-ring (bicyclic) bond motifs is 2. The number of anilines is 2. The van der Waals surface area contributed by atoms with Crippen molar-refractivity contribution in [3.63, 3.8) is 0 Å². The number of hydrogen-bond acceptors (Lipinski definition) is 3. The molecule has 0 atom stereocenters. The monoisotopic (exact) mass is 368 g/mol. The van der Waals surface area contributed by atoms with Crippen molar-refractivity contribution in [3.8, 4) is 11.5 Å². The SMILES string of the molecule is Nc1cc(Cl)c(Oc2ccc3c(c2)C2(CC2)C(=O)N3)c(C(F)(F)F)c1. The largest absolute Gasteiger partial charge is 0.455 e. The Hall–Kier alpha value is -2.41. The van der Waals surface area contributed by atoms with Crippen molar-refractivity contribution < 1.29 is 22.7 Å². The zero-order valence-corrected chi connectivity index (χ0v) is 13.5. The fourth-order valence-corrected chi connectivity index (χ4v) is 3.39. The van der Waals surface area contributed by atoms with Gasteiger partial charge in [-0.3, -0.25) is 4.79 Å². The molecule has 0 aromatic heterocycles. The quantitative estimate of drug-likeness (QED) is 0.754. The first kappa shape index (κ1) is 16.1. The Bertz CT molecular complexity index is 907. The molecule has 2 aromatic carbocycles. The fourth-order valence-electron chi connectivity index (χ4n) is 3.12. The van der Waals surface area contributed by atoms with E-state index in [9.17, 15) is 18.0 Å². The van der Waals surface area contributed by atoms with Crippen LogP contribution >= 0.6 is 11.6 Å². The number of nitrogens with two attached hydrogens (primary N) is 1. The number of benzene rings is 2. The van der Waals surface area contributed by atoms with Crippen LogP contribution in [0.2, 0.25) is 5.02 Å². The van der Waals surface area contributed by atoms with E-state index in [1.54, 1.807) is 12.1 Å². The average Bonchev–Trinajstić information content (AvgIpc) is 3.26. The number of amides is 1. The number of alkyl halides is 3. The maximum atomic E-state index is 13.3. The molecule has 1 heterocycles. The van der Waals surface area contributed by atoms with Gasteiger partial charge in [-0.05, 0) is 48.7 Å². The summed E-state index contributed by atoms with van der Waals surface area (Å²) in [5.74, 6) is -0.412. The normalized spacial score (nSPS) is 17.4. The highest BCUT2D eigenvalue weighted by molar-refractivity contribution is 6.32. The van der Waals surface area contributed by atoms with Gasteiger partial charge >= 0.3 is 6.18 Å². The van der Waals surface area contributed by atoms with Crippen molar-refractivity contribution in [1.29, 1.82) is 0 Å². The first-order chi connectivity index (χ1) is 11.7. The maximum absolute atomic E-state index is 13.3. The molecule has 2 aliphatic rings. The topological polar surface area (TPSA) is 64.3 Å². The van der Waals surface area contributed by atoms with Crippen molar-refractivity contribution >= 4 is 28.9 Å². The number of rotatable bonds is 2. The zero-order chi connectivity index (χ0) is 18.0. The van der Waals surface area contributed by atoms with Crippen LogP contribution < -0.4 is 15.8 Å². The molecule has 25 heavy (non-hydrogen) atoms. The molecule has 130 valence electrons. The second-order valence-corrected chi connectivity index (χ2v) is 6.63. The summed E-state index contributed by atoms with van der Waals surface area (Å²) in [5, 5.41) is 2.55. The molecular weight excluding hydrogens is 357 g/mol. The van der Waals surface area contributed by atoms with Gasteiger partial charge in [0.1, 0.15) is 11.3 Å². The molecule has 0 bridgehead atoms. The number of halogens is 4. The molecule has 0 radical (unpaired) electrons. The van der Waals surface area contributed by atoms with Crippen LogP contribution in [0.15, 0.2) is 30.3 Å². The minimum absolute atomic E-state index is 0.0823. The van der Waals surface area contributed by atoms with E-state index in [1.165, 1.54) is 12.1 Å². The summed E-state index contributed by atoms with van der Waals surface area (Å²) in [5.41, 5.74) is 5.16. The minimum atomic E-state index is -4.67. The Morgan fingerprint density at radius 1 is 1.20 bits per heavy atom. The predicted octanol–water partition coefficient (Wildman–Crippen LogP) is 4.72. The van der Waals surface area contributed by atoms with Crippen molar-refractivity contribution in [2.45, 2.75) is 24.4 Å². The summed E-state index contributed by atoms with van der Waals surface area (Å²) in [7, 11) is 0. The molecular formula is C17H12ClF3N2O2. The standard InChI is InChI=1S/C17H12ClF3N2O2/c18-12-6-8(22)5-11(17(19,20)21)14(12)25-9-1-2-13-10(7-9)16(3-4-16)15(24)23-13/h1-2,5-7H,3-4,22H2,(H,23,24). The van der Waals surface area contributed by atoms with Gasteiger partial charge in [-0.1, -0.05) is 11.6 Å². The van der Waals surface area contributed by atoms with Crippen LogP contribution in [-0.4, -0.2) is 5.91 Å². The van der Waals surface area contributed by atoms with Crippen LogP contribution in [0.3, 0.4) is 0 Å². The van der Waals surface area contributed by atoms with Crippen molar-refractivity contribution in [2.75, 3.05) is 11.1 Å². The molecule has 1 aliphatic heterocycles. The molecule has 0 saturated heterocycles. The summed E-state index contributed by atoms with van der Waals surface area (Å²) in [6.45, 7) is 0. The molecule has 0 unspecified atom stereocenters. The molecule has 1 fully saturated rings. The van der Waals surface area contributed by atoms with E-state index in [1.807, 2.05) is 0 Å². The third-order valence-corrected chi connectivity index (χ3v) is 4.81. The Morgan fingerprint density at radius 3 is 2.56 bits per heavy atom. The van der Waals surface area contributed by atoms with Crippen LogP contribution in [0.4, 0.5) is 24.5 Å². The Kier molecular flexibility index (Phi) is 3.25. The highest BCUT2D eigenvalue weighted by Gasteiger charge is 2.56. The van der Waals surface area contributed by atoms with Gasteiger partial charge in [-0.25, -0.2) is 0 Å². The first-order valence-corrected chi connectivity index (χ1v) is 7.88. The third-order valence-electron chi connectivity index (χ3n) is 4.53. The zero-order valence-electron chi connectivity index (χ0n) is 12.7. The van der Waals surface area contributed by atoms with Crippen LogP contribution in [0.1, 0.15) is 24.0 Å². The number of nitrogen functional groups attached to an aromatic ring is 1. The number of ether oxygens (including phenoxy) is 1. The molecule has 4 nitrogen and oxygen atoms in total. The summed E-state index contributed by atoms with van der Waals surface area (Å²) >= 11 is 5.93. The average molecular weight is 369 g/mol. The van der Waals surface area contributed by atoms with Crippen LogP contribution in [0.25, 0.3) is 0 Å². The lowest BCUT2D eigenvalue weighted by molar-refractivity contribution is -0.138. The van der Waals surface area contributed by atoms with Gasteiger partial charge in [0.2, 0.25) is 5.91 Å². The molecule has 1 aliphatic carbocycles. The molecule has 4 rings (SSSR count). The van der Waals surface area contributed by atoms with E-state index in [4.69, 9.17) is 22.1 Å². The summed E-state index contributed by atoms with van der Waals surface area (Å²) in [6, 6.07) is 6.68. The Labute approximate surface area is 145 Å². The molecule has 1 saturated carbocycles. The van der Waals surface area contributed by atoms with Gasteiger partial charge in [-0.2, -0.15) is 13.2 Å². The van der Waals surface area contributed by atoms with Gasteiger partial charge in [0.05, 0.1) is 10.4 Å². The number of carbonyl (C=O) groups excluding carboxylic acids is 1. The smallest absolute Gasteiger partial charge is 0.420 e. The molecule has 1 spiro atoms. The predicted molar refractivity (Wildman–Crippen MR) is 86.9 cm³/mol. The Morgan fingerprint density at radius 2 is 1.92 bits per heavy atom. The second-order valence-electron chi connectivity index (χ2n) is 6.22. The maximum Gasteiger partial charge on any atom is 0.420 e. The van der Waals surface area contributed by atoms with Crippen LogP contribution in [-0.2, 0) is 16.4 Å². The van der Waals surface area contributed by atoms with E-state index >= 15 is 0 Å². The highest BCUT2D eigenvalue weighted by Crippen LogP contribution is 2.56. The lowest BCUT2D eigenvalue weighted by atomic mass is 9.98. The first-order valence-electron chi connectivity index (χ1n) is 7.51. The van der Waals surface area contributed by atoms with E-state index in [-0.39, 0.29) is 22.4 Å². The highest BCUT2D eigenvalue weighted by atomic mass is 35.5. The van der Waals surface area contributed by atoms with Crippen LogP contribution in [0.5, 0.6) is 11.5 Å². The summed E-state index contributed by atoms with van der Waals surface area (Å²) in [6.07, 6.45) is -3.24. The van der Waals surface area contributed by atoms with Gasteiger partial charge < -0.3 is 15.8 Å². The molecule has 2 aromatic rings. The van der Waals surface area contributed by atoms with E-state index in [0.29, 0.717) is 18.5 Å². The third kappa shape index (κ3) is 2.50. The second kappa shape index (κ2) is 5.05. The summed E-state index contributed by atoms with van der Waals surface area (Å²) < 4.78 is 45.3. The molecule has 1 amide bonds. The minimum Gasteiger partial charge on any atom is -0.455 e. The van der Waals surface area contributed by atoms with Crippen molar-refractivity contribution in [1.82, 2.24) is 0 Å². The molecule has 3 N–H and O–H groups in total.